The van der Waals surface area contributed by atoms with E-state index in [0.717, 1.165) is 0 Å². The van der Waals surface area contributed by atoms with Crippen molar-refractivity contribution in [3.8, 4) is 11.8 Å². The minimum atomic E-state index is -0.655. The average molecular weight is 618 g/mol. The Labute approximate surface area is 251 Å². The van der Waals surface area contributed by atoms with E-state index in [9.17, 15) is 14.4 Å². The number of ether oxygens (including phenoxy) is 4. The highest BCUT2D eigenvalue weighted by atomic mass is 35.5. The summed E-state index contributed by atoms with van der Waals surface area (Å²) in [5.74, 6) is -0.505. The number of amides is 1. The van der Waals surface area contributed by atoms with Crippen LogP contribution in [0.25, 0.3) is 10.9 Å². The number of hydrogen-bond donors (Lipinski definition) is 1. The van der Waals surface area contributed by atoms with Gasteiger partial charge in [-0.25, -0.2) is 14.6 Å². The van der Waals surface area contributed by atoms with Crippen molar-refractivity contribution in [1.82, 2.24) is 14.5 Å². The van der Waals surface area contributed by atoms with E-state index in [1.54, 1.807) is 43.9 Å². The molecular formula is C28H29Cl2N5O7. The van der Waals surface area contributed by atoms with E-state index < -0.39 is 35.9 Å². The van der Waals surface area contributed by atoms with E-state index >= 15 is 0 Å². The quantitative estimate of drug-likeness (QED) is 0.297. The van der Waals surface area contributed by atoms with Gasteiger partial charge in [0.25, 0.3) is 5.56 Å². The van der Waals surface area contributed by atoms with E-state index in [0.29, 0.717) is 23.1 Å². The molecule has 1 unspecified atom stereocenters. The molecule has 222 valence electrons. The van der Waals surface area contributed by atoms with Crippen LogP contribution in [0, 0.1) is 11.3 Å². The van der Waals surface area contributed by atoms with E-state index in [2.05, 4.69) is 15.0 Å². The van der Waals surface area contributed by atoms with Gasteiger partial charge in [0.15, 0.2) is 18.2 Å². The van der Waals surface area contributed by atoms with Gasteiger partial charge in [-0.2, -0.15) is 5.26 Å². The summed E-state index contributed by atoms with van der Waals surface area (Å²) >= 11 is 12.4. The fourth-order valence-electron chi connectivity index (χ4n) is 4.21. The van der Waals surface area contributed by atoms with Crippen molar-refractivity contribution in [3.05, 3.63) is 56.4 Å². The number of rotatable bonds is 7. The van der Waals surface area contributed by atoms with Crippen molar-refractivity contribution in [3.63, 3.8) is 0 Å². The van der Waals surface area contributed by atoms with Gasteiger partial charge in [-0.15, -0.1) is 0 Å². The maximum Gasteiger partial charge on any atom is 0.410 e. The molecule has 1 saturated heterocycles. The largest absolute Gasteiger partial charge is 0.476 e. The summed E-state index contributed by atoms with van der Waals surface area (Å²) in [6, 6.07) is 10.0. The molecule has 3 aromatic rings. The fourth-order valence-corrected chi connectivity index (χ4v) is 4.59. The lowest BCUT2D eigenvalue weighted by Gasteiger charge is -2.34. The van der Waals surface area contributed by atoms with Crippen molar-refractivity contribution < 1.29 is 28.5 Å². The van der Waals surface area contributed by atoms with Gasteiger partial charge in [0.2, 0.25) is 0 Å². The maximum absolute atomic E-state index is 13.5. The number of methoxy groups -OCH3 is 1. The number of halogens is 2. The standard InChI is InChI=1S/C28H29Cl2N5O7/c1-28(2,3)42-27(38)34-7-8-40-19(13-34)14-35-21-6-5-18(32-25-20(29)10-17(12-31)24(30)33-25)9-16(21)11-22(26(35)37)41-15-23(36)39-4/h5-6,9-11,19H,7-8,13-15H2,1-4H3,(H,32,33). The van der Waals surface area contributed by atoms with Gasteiger partial charge in [0.1, 0.15) is 16.8 Å². The number of pyridine rings is 2. The number of aromatic nitrogens is 2. The molecule has 14 heteroatoms. The summed E-state index contributed by atoms with van der Waals surface area (Å²) in [7, 11) is 1.22. The lowest BCUT2D eigenvalue weighted by atomic mass is 10.1. The van der Waals surface area contributed by atoms with Crippen molar-refractivity contribution in [2.24, 2.45) is 0 Å². The van der Waals surface area contributed by atoms with Gasteiger partial charge in [0, 0.05) is 17.6 Å². The number of esters is 1. The summed E-state index contributed by atoms with van der Waals surface area (Å²) in [6.07, 6.45) is -0.987. The molecule has 2 aromatic heterocycles. The molecule has 0 spiro atoms. The third-order valence-electron chi connectivity index (χ3n) is 6.12. The van der Waals surface area contributed by atoms with Gasteiger partial charge in [-0.05, 0) is 51.1 Å². The Balaban J connectivity index is 1.68. The zero-order valence-corrected chi connectivity index (χ0v) is 24.9. The molecule has 1 aromatic carbocycles. The second kappa shape index (κ2) is 12.9. The second-order valence-electron chi connectivity index (χ2n) is 10.4. The third-order valence-corrected chi connectivity index (χ3v) is 6.70. The van der Waals surface area contributed by atoms with Crippen molar-refractivity contribution in [1.29, 1.82) is 5.26 Å². The number of anilines is 2. The Morgan fingerprint density at radius 3 is 2.69 bits per heavy atom. The molecule has 4 rings (SSSR count). The first-order chi connectivity index (χ1) is 19.9. The number of nitriles is 1. The summed E-state index contributed by atoms with van der Waals surface area (Å²) in [6.45, 7) is 5.82. The van der Waals surface area contributed by atoms with Crippen LogP contribution in [-0.4, -0.2) is 71.6 Å². The van der Waals surface area contributed by atoms with Crippen LogP contribution in [0.4, 0.5) is 16.3 Å². The Morgan fingerprint density at radius 1 is 1.24 bits per heavy atom. The molecule has 12 nitrogen and oxygen atoms in total. The fraction of sp³-hybridized carbons (Fsp3) is 0.393. The lowest BCUT2D eigenvalue weighted by molar-refractivity contribution is -0.142. The Bertz CT molecular complexity index is 1610. The Morgan fingerprint density at radius 2 is 2.00 bits per heavy atom. The number of morpholine rings is 1. The number of nitrogens with zero attached hydrogens (tertiary/aromatic N) is 4. The maximum atomic E-state index is 13.5. The summed E-state index contributed by atoms with van der Waals surface area (Å²) in [5.41, 5.74) is 0.0847. The number of benzene rings is 1. The number of fused-ring (bicyclic) bond motifs is 1. The highest BCUT2D eigenvalue weighted by Crippen LogP contribution is 2.30. The smallest absolute Gasteiger partial charge is 0.410 e. The van der Waals surface area contributed by atoms with E-state index in [1.807, 2.05) is 6.07 Å². The number of nitrogens with one attached hydrogen (secondary N) is 1. The summed E-state index contributed by atoms with van der Waals surface area (Å²) < 4.78 is 23.0. The van der Waals surface area contributed by atoms with Gasteiger partial charge in [0.05, 0.1) is 49.0 Å². The third kappa shape index (κ3) is 7.42. The molecule has 0 saturated carbocycles. The SMILES string of the molecule is COC(=O)COc1cc2cc(Nc3nc(Cl)c(C#N)cc3Cl)ccc2n(CC2CN(C(=O)OC(C)(C)C)CCO2)c1=O. The van der Waals surface area contributed by atoms with Crippen LogP contribution in [-0.2, 0) is 25.5 Å². The Hall–Kier alpha value is -4.05. The normalized spacial score (nSPS) is 15.2. The molecule has 1 aliphatic rings. The number of hydrogen-bond acceptors (Lipinski definition) is 10. The molecule has 1 fully saturated rings. The van der Waals surface area contributed by atoms with Crippen LogP contribution < -0.4 is 15.6 Å². The molecule has 1 aliphatic heterocycles. The molecule has 1 N–H and O–H groups in total. The first-order valence-electron chi connectivity index (χ1n) is 12.9. The van der Waals surface area contributed by atoms with Gasteiger partial charge in [-0.1, -0.05) is 23.2 Å². The highest BCUT2D eigenvalue weighted by molar-refractivity contribution is 6.35. The highest BCUT2D eigenvalue weighted by Gasteiger charge is 2.29. The van der Waals surface area contributed by atoms with Crippen LogP contribution >= 0.6 is 23.2 Å². The predicted molar refractivity (Wildman–Crippen MR) is 156 cm³/mol. The van der Waals surface area contributed by atoms with Crippen LogP contribution in [0.5, 0.6) is 5.75 Å². The van der Waals surface area contributed by atoms with Crippen LogP contribution in [0.1, 0.15) is 26.3 Å². The average Bonchev–Trinajstić information content (AvgIpc) is 2.94. The topological polar surface area (TPSA) is 145 Å². The van der Waals surface area contributed by atoms with Gasteiger partial charge >= 0.3 is 12.1 Å². The molecule has 42 heavy (non-hydrogen) atoms. The lowest BCUT2D eigenvalue weighted by Crippen LogP contribution is -2.49. The molecule has 0 aliphatic carbocycles. The molecular weight excluding hydrogens is 589 g/mol. The number of carbonyl (C=O) groups is 2. The molecule has 1 amide bonds. The van der Waals surface area contributed by atoms with Gasteiger partial charge in [-0.3, -0.25) is 4.79 Å². The minimum Gasteiger partial charge on any atom is -0.476 e. The van der Waals surface area contributed by atoms with E-state index in [1.165, 1.54) is 23.8 Å². The minimum absolute atomic E-state index is 0.00886. The molecule has 0 radical (unpaired) electrons. The zero-order valence-electron chi connectivity index (χ0n) is 23.4. The molecule has 0 bridgehead atoms. The molecule has 1 atom stereocenters. The van der Waals surface area contributed by atoms with Crippen LogP contribution in [0.2, 0.25) is 10.2 Å². The van der Waals surface area contributed by atoms with Crippen LogP contribution in [0.3, 0.4) is 0 Å². The first-order valence-corrected chi connectivity index (χ1v) is 13.6. The van der Waals surface area contributed by atoms with Crippen molar-refractivity contribution in [2.45, 2.75) is 39.0 Å². The van der Waals surface area contributed by atoms with Crippen molar-refractivity contribution in [2.75, 3.05) is 38.7 Å². The Kier molecular flexibility index (Phi) is 9.46. The monoisotopic (exact) mass is 617 g/mol. The summed E-state index contributed by atoms with van der Waals surface area (Å²) in [4.78, 5) is 43.6. The summed E-state index contributed by atoms with van der Waals surface area (Å²) in [5, 5.41) is 13.0. The zero-order chi connectivity index (χ0) is 30.6. The van der Waals surface area contributed by atoms with Crippen molar-refractivity contribution >= 4 is 57.7 Å². The second-order valence-corrected chi connectivity index (χ2v) is 11.1. The van der Waals surface area contributed by atoms with Crippen LogP contribution in [0.15, 0.2) is 35.1 Å². The van der Waals surface area contributed by atoms with Gasteiger partial charge < -0.3 is 33.7 Å². The predicted octanol–water partition coefficient (Wildman–Crippen LogP) is 4.51. The van der Waals surface area contributed by atoms with E-state index in [-0.39, 0.29) is 47.0 Å². The first kappa shape index (κ1) is 30.9. The number of carbonyl (C=O) groups excluding carboxylic acids is 2. The van der Waals surface area contributed by atoms with E-state index in [4.69, 9.17) is 42.7 Å². The molecule has 3 heterocycles.